The molecule has 0 saturated heterocycles. The van der Waals surface area contributed by atoms with E-state index >= 15 is 0 Å². The van der Waals surface area contributed by atoms with Gasteiger partial charge in [0.1, 0.15) is 5.75 Å². The second-order valence-corrected chi connectivity index (χ2v) is 10.4. The maximum Gasteiger partial charge on any atom is 0.303 e. The van der Waals surface area contributed by atoms with Crippen LogP contribution in [0.3, 0.4) is 0 Å². The third kappa shape index (κ3) is 11.4. The van der Waals surface area contributed by atoms with Gasteiger partial charge in [-0.1, -0.05) is 72.3 Å². The predicted molar refractivity (Wildman–Crippen MR) is 170 cm³/mol. The summed E-state index contributed by atoms with van der Waals surface area (Å²) >= 11 is 0. The minimum absolute atomic E-state index is 0.00575. The minimum atomic E-state index is -0.976. The van der Waals surface area contributed by atoms with Crippen molar-refractivity contribution in [3.05, 3.63) is 101 Å². The fraction of sp³-hybridized carbons (Fsp3) is 0.429. The molecule has 3 N–H and O–H groups in total. The number of benzene rings is 3. The molecule has 0 aliphatic carbocycles. The number of ether oxygens (including phenoxy) is 4. The average molecular weight is 607 g/mol. The van der Waals surface area contributed by atoms with Crippen LogP contribution >= 0.6 is 0 Å². The van der Waals surface area contributed by atoms with Gasteiger partial charge in [0, 0.05) is 26.2 Å². The summed E-state index contributed by atoms with van der Waals surface area (Å²) in [4.78, 5) is 21.9. The molecule has 0 aliphatic heterocycles. The summed E-state index contributed by atoms with van der Waals surface area (Å²) < 4.78 is 22.4. The Morgan fingerprint density at radius 3 is 1.77 bits per heavy atom. The van der Waals surface area contributed by atoms with Gasteiger partial charge < -0.3 is 29.4 Å². The van der Waals surface area contributed by atoms with Gasteiger partial charge in [-0.15, -0.1) is 0 Å². The molecule has 0 fully saturated rings. The molecular weight excluding hydrogens is 560 g/mol. The molecule has 0 saturated carbocycles. The highest BCUT2D eigenvalue weighted by atomic mass is 16.5. The Bertz CT molecular complexity index is 1240. The fourth-order valence-corrected chi connectivity index (χ4v) is 4.84. The maximum atomic E-state index is 11.5. The predicted octanol–water partition coefficient (Wildman–Crippen LogP) is 4.70. The van der Waals surface area contributed by atoms with E-state index in [0.717, 1.165) is 35.4 Å². The van der Waals surface area contributed by atoms with Gasteiger partial charge in [-0.05, 0) is 55.1 Å². The molecular formula is C35H46N2O7. The SMILES string of the molecule is COc1ccc(C(NCCCOCCOCCOCCCNC(=O)CCC(=O)O)(c2ccccc2)c2ccc(C)cc2)cc1. The molecule has 3 rings (SSSR count). The number of aliphatic carboxylic acids is 1. The van der Waals surface area contributed by atoms with Crippen molar-refractivity contribution in [3.8, 4) is 5.75 Å². The summed E-state index contributed by atoms with van der Waals surface area (Å²) in [7, 11) is 1.68. The molecule has 9 heteroatoms. The van der Waals surface area contributed by atoms with Crippen LogP contribution in [-0.4, -0.2) is 76.8 Å². The van der Waals surface area contributed by atoms with Crippen LogP contribution in [0.25, 0.3) is 0 Å². The Hall–Kier alpha value is -3.76. The van der Waals surface area contributed by atoms with Crippen molar-refractivity contribution >= 4 is 11.9 Å². The highest BCUT2D eigenvalue weighted by Crippen LogP contribution is 2.37. The van der Waals surface area contributed by atoms with Crippen LogP contribution in [-0.2, 0) is 29.3 Å². The fourth-order valence-electron chi connectivity index (χ4n) is 4.84. The summed E-state index contributed by atoms with van der Waals surface area (Å²) in [5.41, 5.74) is 4.12. The van der Waals surface area contributed by atoms with Crippen molar-refractivity contribution in [1.82, 2.24) is 10.6 Å². The van der Waals surface area contributed by atoms with E-state index < -0.39 is 11.5 Å². The Balaban J connectivity index is 1.39. The van der Waals surface area contributed by atoms with E-state index in [1.165, 1.54) is 5.56 Å². The van der Waals surface area contributed by atoms with Crippen LogP contribution in [0.15, 0.2) is 78.9 Å². The number of hydrogen-bond acceptors (Lipinski definition) is 7. The highest BCUT2D eigenvalue weighted by Gasteiger charge is 2.35. The Morgan fingerprint density at radius 2 is 1.20 bits per heavy atom. The number of carboxylic acids is 1. The van der Waals surface area contributed by atoms with Crippen molar-refractivity contribution in [2.45, 2.75) is 38.1 Å². The zero-order valence-electron chi connectivity index (χ0n) is 25.9. The van der Waals surface area contributed by atoms with Gasteiger partial charge in [-0.2, -0.15) is 0 Å². The number of rotatable bonds is 22. The Kier molecular flexibility index (Phi) is 15.4. The van der Waals surface area contributed by atoms with E-state index in [2.05, 4.69) is 78.2 Å². The smallest absolute Gasteiger partial charge is 0.303 e. The minimum Gasteiger partial charge on any atom is -0.497 e. The first-order valence-corrected chi connectivity index (χ1v) is 15.2. The molecule has 1 atom stereocenters. The largest absolute Gasteiger partial charge is 0.497 e. The zero-order chi connectivity index (χ0) is 31.5. The van der Waals surface area contributed by atoms with E-state index in [1.807, 2.05) is 18.2 Å². The molecule has 1 unspecified atom stereocenters. The van der Waals surface area contributed by atoms with Gasteiger partial charge in [0.05, 0.1) is 45.5 Å². The summed E-state index contributed by atoms with van der Waals surface area (Å²) in [5, 5.41) is 15.1. The molecule has 0 bridgehead atoms. The summed E-state index contributed by atoms with van der Waals surface area (Å²) in [5.74, 6) is -0.417. The third-order valence-corrected chi connectivity index (χ3v) is 7.17. The zero-order valence-corrected chi connectivity index (χ0v) is 25.9. The van der Waals surface area contributed by atoms with E-state index in [-0.39, 0.29) is 18.7 Å². The lowest BCUT2D eigenvalue weighted by atomic mass is 9.76. The molecule has 1 amide bonds. The summed E-state index contributed by atoms with van der Waals surface area (Å²) in [6.07, 6.45) is 1.32. The quantitative estimate of drug-likeness (QED) is 0.111. The Labute approximate surface area is 260 Å². The van der Waals surface area contributed by atoms with Gasteiger partial charge in [0.25, 0.3) is 0 Å². The number of methoxy groups -OCH3 is 1. The first kappa shape index (κ1) is 34.7. The van der Waals surface area contributed by atoms with Crippen LogP contribution in [0.4, 0.5) is 0 Å². The topological polar surface area (TPSA) is 115 Å². The maximum absolute atomic E-state index is 11.5. The number of aryl methyl sites for hydroxylation is 1. The lowest BCUT2D eigenvalue weighted by Gasteiger charge is -2.37. The first-order chi connectivity index (χ1) is 21.5. The molecule has 3 aromatic rings. The normalized spacial score (nSPS) is 12.4. The molecule has 0 aromatic heterocycles. The second kappa shape index (κ2) is 19.5. The number of amides is 1. The number of carboxylic acid groups (broad SMARTS) is 1. The monoisotopic (exact) mass is 606 g/mol. The van der Waals surface area contributed by atoms with Gasteiger partial charge in [-0.3, -0.25) is 14.9 Å². The summed E-state index contributed by atoms with van der Waals surface area (Å²) in [6.45, 7) is 6.31. The molecule has 0 radical (unpaired) electrons. The van der Waals surface area contributed by atoms with E-state index in [1.54, 1.807) is 7.11 Å². The molecule has 0 heterocycles. The number of carbonyl (C=O) groups is 2. The van der Waals surface area contributed by atoms with Crippen molar-refractivity contribution < 1.29 is 33.6 Å². The number of nitrogens with one attached hydrogen (secondary N) is 2. The third-order valence-electron chi connectivity index (χ3n) is 7.17. The number of hydrogen-bond donors (Lipinski definition) is 3. The van der Waals surface area contributed by atoms with E-state index in [0.29, 0.717) is 52.6 Å². The van der Waals surface area contributed by atoms with Gasteiger partial charge >= 0.3 is 5.97 Å². The molecule has 3 aromatic carbocycles. The molecule has 9 nitrogen and oxygen atoms in total. The van der Waals surface area contributed by atoms with Crippen molar-refractivity contribution in [1.29, 1.82) is 0 Å². The van der Waals surface area contributed by atoms with E-state index in [4.69, 9.17) is 24.1 Å². The van der Waals surface area contributed by atoms with Gasteiger partial charge in [0.2, 0.25) is 5.91 Å². The van der Waals surface area contributed by atoms with Gasteiger partial charge in [-0.25, -0.2) is 0 Å². The summed E-state index contributed by atoms with van der Waals surface area (Å²) in [6, 6.07) is 27.5. The number of carbonyl (C=O) groups excluding carboxylic acids is 1. The lowest BCUT2D eigenvalue weighted by molar-refractivity contribution is -0.138. The molecule has 238 valence electrons. The van der Waals surface area contributed by atoms with Crippen LogP contribution in [0, 0.1) is 6.92 Å². The Morgan fingerprint density at radius 1 is 0.682 bits per heavy atom. The second-order valence-electron chi connectivity index (χ2n) is 10.4. The van der Waals surface area contributed by atoms with Crippen molar-refractivity contribution in [2.24, 2.45) is 0 Å². The molecule has 0 aliphatic rings. The van der Waals surface area contributed by atoms with Crippen LogP contribution in [0.5, 0.6) is 5.75 Å². The first-order valence-electron chi connectivity index (χ1n) is 15.2. The van der Waals surface area contributed by atoms with Gasteiger partial charge in [0.15, 0.2) is 0 Å². The van der Waals surface area contributed by atoms with Crippen LogP contribution < -0.4 is 15.4 Å². The molecule has 44 heavy (non-hydrogen) atoms. The van der Waals surface area contributed by atoms with Crippen LogP contribution in [0.1, 0.15) is 47.9 Å². The van der Waals surface area contributed by atoms with Crippen molar-refractivity contribution in [2.75, 3.05) is 59.8 Å². The average Bonchev–Trinajstić information content (AvgIpc) is 3.05. The van der Waals surface area contributed by atoms with Crippen LogP contribution in [0.2, 0.25) is 0 Å². The molecule has 0 spiro atoms. The van der Waals surface area contributed by atoms with Crippen molar-refractivity contribution in [3.63, 3.8) is 0 Å². The highest BCUT2D eigenvalue weighted by molar-refractivity contribution is 5.80. The standard InChI is InChI=1S/C35H46N2O7/c1-28-10-12-30(13-11-28)35(29-8-4-3-5-9-29,31-14-16-32(41-2)17-15-31)37-21-7-23-43-25-27-44-26-24-42-22-6-20-36-33(38)18-19-34(39)40/h3-5,8-17,37H,6-7,18-27H2,1-2H3,(H,36,38)(H,39,40). The van der Waals surface area contributed by atoms with E-state index in [9.17, 15) is 9.59 Å². The lowest BCUT2D eigenvalue weighted by Crippen LogP contribution is -2.45.